The number of fused-ring (bicyclic) bond motifs is 1. The van der Waals surface area contributed by atoms with E-state index in [0.29, 0.717) is 5.82 Å². The van der Waals surface area contributed by atoms with Crippen LogP contribution in [-0.4, -0.2) is 59.5 Å². The predicted octanol–water partition coefficient (Wildman–Crippen LogP) is -1.24. The van der Waals surface area contributed by atoms with E-state index in [1.54, 1.807) is 6.92 Å². The molecule has 0 aliphatic carbocycles. The average Bonchev–Trinajstić information content (AvgIpc) is 3.00. The molecule has 1 aliphatic heterocycles. The summed E-state index contributed by atoms with van der Waals surface area (Å²) < 4.78 is 21.9. The molecule has 12 heteroatoms. The van der Waals surface area contributed by atoms with Gasteiger partial charge in [0.25, 0.3) is 5.56 Å². The lowest BCUT2D eigenvalue weighted by atomic mass is 10.1. The summed E-state index contributed by atoms with van der Waals surface area (Å²) in [5.41, 5.74) is -0.102. The quantitative estimate of drug-likeness (QED) is 0.418. The van der Waals surface area contributed by atoms with Gasteiger partial charge in [0, 0.05) is 6.20 Å². The van der Waals surface area contributed by atoms with Crippen molar-refractivity contribution in [2.75, 3.05) is 6.61 Å². The molecule has 4 atom stereocenters. The summed E-state index contributed by atoms with van der Waals surface area (Å²) in [5, 5.41) is 20.4. The monoisotopic (exact) mass is 361 g/mol. The molecule has 0 aromatic carbocycles. The molecule has 0 spiro atoms. The standard InChI is InChI=1S/C12H16N3O8P/c1-5-13-10-6(11(18)14-5)2-3-15(10)12-9(17)8(16)7(23-12)4-22-24(19,20)21/h2-3,7-9,12,16-17H,4H2,1H3,(H,13,14,18)(H2,19,20,21)/t7-,8-,9-,12?/m1/s1. The van der Waals surface area contributed by atoms with Crippen molar-refractivity contribution in [2.24, 2.45) is 0 Å². The van der Waals surface area contributed by atoms with Crippen LogP contribution in [0.25, 0.3) is 11.0 Å². The van der Waals surface area contributed by atoms with E-state index in [1.165, 1.54) is 16.8 Å². The Bertz CT molecular complexity index is 858. The van der Waals surface area contributed by atoms with Crippen molar-refractivity contribution in [2.45, 2.75) is 31.5 Å². The van der Waals surface area contributed by atoms with Crippen molar-refractivity contribution >= 4 is 18.9 Å². The first kappa shape index (κ1) is 17.2. The molecule has 3 rings (SSSR count). The van der Waals surface area contributed by atoms with Crippen LogP contribution in [0.3, 0.4) is 0 Å². The number of aromatic amines is 1. The number of ether oxygens (including phenoxy) is 1. The molecule has 3 heterocycles. The normalized spacial score (nSPS) is 27.9. The molecule has 1 aliphatic rings. The minimum atomic E-state index is -4.73. The molecule has 11 nitrogen and oxygen atoms in total. The summed E-state index contributed by atoms with van der Waals surface area (Å²) >= 11 is 0. The van der Waals surface area contributed by atoms with E-state index in [9.17, 15) is 19.6 Å². The fourth-order valence-corrected chi connectivity index (χ4v) is 2.97. The largest absolute Gasteiger partial charge is 0.469 e. The van der Waals surface area contributed by atoms with Crippen LogP contribution < -0.4 is 5.56 Å². The van der Waals surface area contributed by atoms with Crippen molar-refractivity contribution < 1.29 is 33.8 Å². The summed E-state index contributed by atoms with van der Waals surface area (Å²) in [6, 6.07) is 1.49. The Labute approximate surface area is 134 Å². The molecule has 132 valence electrons. The minimum absolute atomic E-state index is 0.254. The van der Waals surface area contributed by atoms with E-state index in [4.69, 9.17) is 14.5 Å². The first-order chi connectivity index (χ1) is 11.2. The van der Waals surface area contributed by atoms with Crippen molar-refractivity contribution in [3.05, 3.63) is 28.4 Å². The third-order valence-electron chi connectivity index (χ3n) is 3.72. The lowest BCUT2D eigenvalue weighted by Crippen LogP contribution is -2.33. The average molecular weight is 361 g/mol. The molecule has 5 N–H and O–H groups in total. The second-order valence-corrected chi connectivity index (χ2v) is 6.68. The van der Waals surface area contributed by atoms with Crippen molar-refractivity contribution in [1.29, 1.82) is 0 Å². The third-order valence-corrected chi connectivity index (χ3v) is 4.20. The Balaban J connectivity index is 1.90. The molecule has 2 aromatic heterocycles. The van der Waals surface area contributed by atoms with Gasteiger partial charge in [-0.15, -0.1) is 0 Å². The van der Waals surface area contributed by atoms with Crippen LogP contribution in [-0.2, 0) is 13.8 Å². The van der Waals surface area contributed by atoms with Gasteiger partial charge < -0.3 is 34.3 Å². The highest BCUT2D eigenvalue weighted by atomic mass is 31.2. The number of nitrogens with zero attached hydrogens (tertiary/aromatic N) is 2. The molecule has 1 fully saturated rings. The number of phosphoric ester groups is 1. The molecule has 0 radical (unpaired) electrons. The number of hydrogen-bond donors (Lipinski definition) is 5. The minimum Gasteiger partial charge on any atom is -0.387 e. The van der Waals surface area contributed by atoms with Gasteiger partial charge in [0.05, 0.1) is 12.0 Å². The zero-order valence-electron chi connectivity index (χ0n) is 12.4. The summed E-state index contributed by atoms with van der Waals surface area (Å²) in [6.45, 7) is 0.987. The smallest absolute Gasteiger partial charge is 0.387 e. The molecule has 0 saturated carbocycles. The summed E-state index contributed by atoms with van der Waals surface area (Å²) in [4.78, 5) is 36.1. The number of nitrogens with one attached hydrogen (secondary N) is 1. The van der Waals surface area contributed by atoms with Crippen LogP contribution in [0, 0.1) is 6.92 Å². The molecule has 24 heavy (non-hydrogen) atoms. The number of aromatic nitrogens is 3. The molecule has 0 amide bonds. The van der Waals surface area contributed by atoms with Crippen molar-refractivity contribution in [3.8, 4) is 0 Å². The first-order valence-electron chi connectivity index (χ1n) is 6.96. The maximum Gasteiger partial charge on any atom is 0.469 e. The topological polar surface area (TPSA) is 167 Å². The zero-order chi connectivity index (χ0) is 17.6. The molecular formula is C12H16N3O8P. The molecular weight excluding hydrogens is 345 g/mol. The number of phosphoric acid groups is 1. The maximum atomic E-state index is 11.9. The zero-order valence-corrected chi connectivity index (χ0v) is 13.3. The van der Waals surface area contributed by atoms with Crippen molar-refractivity contribution in [1.82, 2.24) is 14.5 Å². The number of rotatable bonds is 4. The van der Waals surface area contributed by atoms with Crippen LogP contribution in [0.1, 0.15) is 12.1 Å². The Morgan fingerprint density at radius 3 is 2.79 bits per heavy atom. The first-order valence-corrected chi connectivity index (χ1v) is 8.49. The summed E-state index contributed by atoms with van der Waals surface area (Å²) in [6.07, 6.45) is -3.59. The van der Waals surface area contributed by atoms with E-state index in [-0.39, 0.29) is 16.6 Å². The molecule has 1 saturated heterocycles. The summed E-state index contributed by atoms with van der Waals surface area (Å²) in [7, 11) is -4.73. The number of H-pyrrole nitrogens is 1. The fraction of sp³-hybridized carbons (Fsp3) is 0.500. The van der Waals surface area contributed by atoms with E-state index in [1.807, 2.05) is 0 Å². The van der Waals surface area contributed by atoms with E-state index in [2.05, 4.69) is 14.5 Å². The van der Waals surface area contributed by atoms with Gasteiger partial charge in [-0.25, -0.2) is 9.55 Å². The van der Waals surface area contributed by atoms with Gasteiger partial charge in [-0.2, -0.15) is 0 Å². The Hall–Kier alpha value is -1.59. The van der Waals surface area contributed by atoms with Gasteiger partial charge in [-0.05, 0) is 13.0 Å². The van der Waals surface area contributed by atoms with Gasteiger partial charge in [0.2, 0.25) is 0 Å². The number of aryl methyl sites for hydroxylation is 1. The lowest BCUT2D eigenvalue weighted by Gasteiger charge is -2.17. The number of aliphatic hydroxyl groups is 2. The molecule has 0 bridgehead atoms. The SMILES string of the molecule is Cc1nc2c(ccn2C2O[C@H](COP(=O)(O)O)[C@@H](O)[C@H]2O)c(=O)[nH]1. The van der Waals surface area contributed by atoms with E-state index in [0.717, 1.165) is 0 Å². The van der Waals surface area contributed by atoms with Crippen LogP contribution in [0.15, 0.2) is 17.1 Å². The second-order valence-electron chi connectivity index (χ2n) is 5.44. The van der Waals surface area contributed by atoms with Gasteiger partial charge in [0.15, 0.2) is 6.23 Å². The van der Waals surface area contributed by atoms with Gasteiger partial charge in [-0.1, -0.05) is 0 Å². The van der Waals surface area contributed by atoms with Crippen LogP contribution in [0.4, 0.5) is 0 Å². The Morgan fingerprint density at radius 1 is 1.42 bits per heavy atom. The highest BCUT2D eigenvalue weighted by molar-refractivity contribution is 7.46. The van der Waals surface area contributed by atoms with E-state index < -0.39 is 39.0 Å². The highest BCUT2D eigenvalue weighted by Gasteiger charge is 2.45. The Kier molecular flexibility index (Phi) is 4.34. The lowest BCUT2D eigenvalue weighted by molar-refractivity contribution is -0.0501. The second kappa shape index (κ2) is 6.05. The molecule has 2 aromatic rings. The number of aliphatic hydroxyl groups excluding tert-OH is 2. The Morgan fingerprint density at radius 2 is 2.12 bits per heavy atom. The van der Waals surface area contributed by atoms with Gasteiger partial charge in [0.1, 0.15) is 29.8 Å². The maximum absolute atomic E-state index is 11.9. The third kappa shape index (κ3) is 3.15. The molecule has 1 unspecified atom stereocenters. The van der Waals surface area contributed by atoms with Crippen molar-refractivity contribution in [3.63, 3.8) is 0 Å². The summed E-state index contributed by atoms with van der Waals surface area (Å²) in [5.74, 6) is 0.363. The fourth-order valence-electron chi connectivity index (χ4n) is 2.63. The van der Waals surface area contributed by atoms with Crippen LogP contribution >= 0.6 is 7.82 Å². The van der Waals surface area contributed by atoms with Crippen LogP contribution in [0.2, 0.25) is 0 Å². The van der Waals surface area contributed by atoms with Gasteiger partial charge >= 0.3 is 7.82 Å². The number of hydrogen-bond acceptors (Lipinski definition) is 7. The van der Waals surface area contributed by atoms with Gasteiger partial charge in [-0.3, -0.25) is 9.32 Å². The van der Waals surface area contributed by atoms with Crippen LogP contribution in [0.5, 0.6) is 0 Å². The highest BCUT2D eigenvalue weighted by Crippen LogP contribution is 2.38. The predicted molar refractivity (Wildman–Crippen MR) is 79.0 cm³/mol. The van der Waals surface area contributed by atoms with E-state index >= 15 is 0 Å².